The highest BCUT2D eigenvalue weighted by atomic mass is 32.1. The number of anilines is 1. The molecule has 108 valence electrons. The Balaban J connectivity index is 1.96. The third kappa shape index (κ3) is 3.90. The monoisotopic (exact) mass is 293 g/mol. The number of nitro benzene ring substituents is 1. The quantitative estimate of drug-likeness (QED) is 0.507. The molecule has 0 saturated heterocycles. The number of nitro groups is 1. The molecule has 1 aromatic rings. The number of aryl methyl sites for hydroxylation is 1. The smallest absolute Gasteiger partial charge is 0.274 e. The van der Waals surface area contributed by atoms with Crippen LogP contribution in [-0.2, 0) is 0 Å². The normalized spacial score (nSPS) is 15.7. The first-order valence-corrected chi connectivity index (χ1v) is 7.29. The number of hydrogen-bond acceptors (Lipinski definition) is 3. The van der Waals surface area contributed by atoms with Crippen LogP contribution in [0.2, 0.25) is 0 Å². The van der Waals surface area contributed by atoms with Gasteiger partial charge in [0.2, 0.25) is 0 Å². The minimum atomic E-state index is -0.377. The van der Waals surface area contributed by atoms with Gasteiger partial charge in [-0.25, -0.2) is 0 Å². The minimum absolute atomic E-state index is 0.107. The van der Waals surface area contributed by atoms with Gasteiger partial charge in [0.25, 0.3) is 5.69 Å². The predicted molar refractivity (Wildman–Crippen MR) is 84.1 cm³/mol. The van der Waals surface area contributed by atoms with Crippen LogP contribution in [0.3, 0.4) is 0 Å². The van der Waals surface area contributed by atoms with Gasteiger partial charge in [-0.05, 0) is 38.0 Å². The van der Waals surface area contributed by atoms with Crippen molar-refractivity contribution >= 4 is 28.7 Å². The summed E-state index contributed by atoms with van der Waals surface area (Å²) in [6, 6.07) is 5.47. The maximum absolute atomic E-state index is 10.9. The molecule has 5 nitrogen and oxygen atoms in total. The molecule has 1 aliphatic rings. The molecule has 1 aromatic carbocycles. The highest BCUT2D eigenvalue weighted by Crippen LogP contribution is 2.22. The second-order valence-corrected chi connectivity index (χ2v) is 5.60. The van der Waals surface area contributed by atoms with E-state index >= 15 is 0 Å². The Hall–Kier alpha value is -1.69. The Kier molecular flexibility index (Phi) is 4.89. The zero-order valence-electron chi connectivity index (χ0n) is 11.5. The van der Waals surface area contributed by atoms with Crippen molar-refractivity contribution in [1.29, 1.82) is 0 Å². The second-order valence-electron chi connectivity index (χ2n) is 5.19. The molecule has 0 amide bonds. The lowest BCUT2D eigenvalue weighted by Gasteiger charge is -2.24. The molecule has 2 N–H and O–H groups in total. The zero-order chi connectivity index (χ0) is 14.5. The molecule has 6 heteroatoms. The lowest BCUT2D eigenvalue weighted by Crippen LogP contribution is -2.38. The number of nitrogens with zero attached hydrogens (tertiary/aromatic N) is 1. The number of thiocarbonyl (C=S) groups is 1. The first kappa shape index (κ1) is 14.7. The van der Waals surface area contributed by atoms with Gasteiger partial charge in [0.15, 0.2) is 5.11 Å². The van der Waals surface area contributed by atoms with Crippen LogP contribution in [0.4, 0.5) is 11.4 Å². The molecular weight excluding hydrogens is 274 g/mol. The molecule has 1 aliphatic carbocycles. The van der Waals surface area contributed by atoms with Crippen LogP contribution < -0.4 is 10.6 Å². The van der Waals surface area contributed by atoms with Gasteiger partial charge in [0, 0.05) is 23.4 Å². The molecule has 1 fully saturated rings. The molecular formula is C14H19N3O2S. The summed E-state index contributed by atoms with van der Waals surface area (Å²) in [5, 5.41) is 17.8. The molecule has 0 spiro atoms. The third-order valence-electron chi connectivity index (χ3n) is 3.60. The SMILES string of the molecule is Cc1ccc(NC(=S)NC2CCCCC2)cc1[N+](=O)[O-]. The Morgan fingerprint density at radius 3 is 2.70 bits per heavy atom. The average molecular weight is 293 g/mol. The van der Waals surface area contributed by atoms with Crippen LogP contribution in [0.5, 0.6) is 0 Å². The van der Waals surface area contributed by atoms with Crippen molar-refractivity contribution in [2.24, 2.45) is 0 Å². The fourth-order valence-electron chi connectivity index (χ4n) is 2.48. The molecule has 0 atom stereocenters. The maximum atomic E-state index is 10.9. The highest BCUT2D eigenvalue weighted by molar-refractivity contribution is 7.80. The van der Waals surface area contributed by atoms with E-state index in [0.717, 1.165) is 12.8 Å². The Morgan fingerprint density at radius 2 is 2.05 bits per heavy atom. The van der Waals surface area contributed by atoms with Gasteiger partial charge in [0.1, 0.15) is 0 Å². The minimum Gasteiger partial charge on any atom is -0.360 e. The van der Waals surface area contributed by atoms with Crippen LogP contribution in [0, 0.1) is 17.0 Å². The molecule has 0 unspecified atom stereocenters. The third-order valence-corrected chi connectivity index (χ3v) is 3.82. The van der Waals surface area contributed by atoms with E-state index < -0.39 is 0 Å². The molecule has 2 rings (SSSR count). The van der Waals surface area contributed by atoms with Crippen molar-refractivity contribution in [1.82, 2.24) is 5.32 Å². The van der Waals surface area contributed by atoms with Gasteiger partial charge in [-0.2, -0.15) is 0 Å². The lowest BCUT2D eigenvalue weighted by atomic mass is 9.96. The summed E-state index contributed by atoms with van der Waals surface area (Å²) >= 11 is 5.27. The fourth-order valence-corrected chi connectivity index (χ4v) is 2.77. The summed E-state index contributed by atoms with van der Waals surface area (Å²) in [6.07, 6.45) is 6.03. The van der Waals surface area contributed by atoms with E-state index in [9.17, 15) is 10.1 Å². The topological polar surface area (TPSA) is 67.2 Å². The summed E-state index contributed by atoms with van der Waals surface area (Å²) in [4.78, 5) is 10.5. The summed E-state index contributed by atoms with van der Waals surface area (Å²) in [5.41, 5.74) is 1.40. The van der Waals surface area contributed by atoms with Gasteiger partial charge in [-0.1, -0.05) is 25.3 Å². The van der Waals surface area contributed by atoms with E-state index in [0.29, 0.717) is 22.4 Å². The van der Waals surface area contributed by atoms with Crippen molar-refractivity contribution in [3.63, 3.8) is 0 Å². The maximum Gasteiger partial charge on any atom is 0.274 e. The van der Waals surface area contributed by atoms with Crippen molar-refractivity contribution < 1.29 is 4.92 Å². The van der Waals surface area contributed by atoms with Gasteiger partial charge < -0.3 is 10.6 Å². The van der Waals surface area contributed by atoms with Gasteiger partial charge >= 0.3 is 0 Å². The first-order chi connectivity index (χ1) is 9.56. The van der Waals surface area contributed by atoms with Crippen molar-refractivity contribution in [2.75, 3.05) is 5.32 Å². The van der Waals surface area contributed by atoms with Gasteiger partial charge in [-0.3, -0.25) is 10.1 Å². The molecule has 0 radical (unpaired) electrons. The summed E-state index contributed by atoms with van der Waals surface area (Å²) in [6.45, 7) is 1.72. The van der Waals surface area contributed by atoms with Gasteiger partial charge in [0.05, 0.1) is 4.92 Å². The molecule has 0 aliphatic heterocycles. The van der Waals surface area contributed by atoms with E-state index in [1.807, 2.05) is 0 Å². The largest absolute Gasteiger partial charge is 0.360 e. The van der Waals surface area contributed by atoms with Gasteiger partial charge in [-0.15, -0.1) is 0 Å². The van der Waals surface area contributed by atoms with Crippen molar-refractivity contribution in [3.05, 3.63) is 33.9 Å². The van der Waals surface area contributed by atoms with Crippen LogP contribution >= 0.6 is 12.2 Å². The van der Waals surface area contributed by atoms with E-state index in [4.69, 9.17) is 12.2 Å². The second kappa shape index (κ2) is 6.65. The molecule has 20 heavy (non-hydrogen) atoms. The fraction of sp³-hybridized carbons (Fsp3) is 0.500. The molecule has 0 aromatic heterocycles. The molecule has 0 heterocycles. The van der Waals surface area contributed by atoms with E-state index in [-0.39, 0.29) is 10.6 Å². The highest BCUT2D eigenvalue weighted by Gasteiger charge is 2.15. The average Bonchev–Trinajstić information content (AvgIpc) is 2.41. The number of hydrogen-bond donors (Lipinski definition) is 2. The number of benzene rings is 1. The van der Waals surface area contributed by atoms with Crippen molar-refractivity contribution in [2.45, 2.75) is 45.1 Å². The lowest BCUT2D eigenvalue weighted by molar-refractivity contribution is -0.385. The summed E-state index contributed by atoms with van der Waals surface area (Å²) < 4.78 is 0. The standard InChI is InChI=1S/C14H19N3O2S/c1-10-7-8-12(9-13(10)17(18)19)16-14(20)15-11-5-3-2-4-6-11/h7-9,11H,2-6H2,1H3,(H2,15,16,20). The first-order valence-electron chi connectivity index (χ1n) is 6.89. The Bertz CT molecular complexity index is 513. The van der Waals surface area contributed by atoms with Crippen LogP contribution in [0.25, 0.3) is 0 Å². The summed E-state index contributed by atoms with van der Waals surface area (Å²) in [7, 11) is 0. The molecule has 0 bridgehead atoms. The van der Waals surface area contributed by atoms with E-state index in [1.54, 1.807) is 19.1 Å². The zero-order valence-corrected chi connectivity index (χ0v) is 12.3. The van der Waals surface area contributed by atoms with Crippen LogP contribution in [0.1, 0.15) is 37.7 Å². The Labute approximate surface area is 123 Å². The molecule has 1 saturated carbocycles. The number of nitrogens with one attached hydrogen (secondary N) is 2. The van der Waals surface area contributed by atoms with E-state index in [2.05, 4.69) is 10.6 Å². The number of rotatable bonds is 3. The predicted octanol–water partition coefficient (Wildman–Crippen LogP) is 3.52. The Morgan fingerprint density at radius 1 is 1.35 bits per heavy atom. The van der Waals surface area contributed by atoms with E-state index in [1.165, 1.54) is 25.3 Å². The van der Waals surface area contributed by atoms with Crippen LogP contribution in [-0.4, -0.2) is 16.1 Å². The summed E-state index contributed by atoms with van der Waals surface area (Å²) in [5.74, 6) is 0. The van der Waals surface area contributed by atoms with Crippen LogP contribution in [0.15, 0.2) is 18.2 Å². The van der Waals surface area contributed by atoms with Crippen molar-refractivity contribution in [3.8, 4) is 0 Å².